The van der Waals surface area contributed by atoms with Gasteiger partial charge in [0, 0.05) is 64.6 Å². The molecular weight excluding hydrogens is 356 g/mol. The molecule has 0 atom stereocenters. The summed E-state index contributed by atoms with van der Waals surface area (Å²) in [4.78, 5) is 10.2. The highest BCUT2D eigenvalue weighted by atomic mass is 15.3. The van der Waals surface area contributed by atoms with Crippen molar-refractivity contribution >= 4 is 5.69 Å². The lowest BCUT2D eigenvalue weighted by molar-refractivity contribution is 0.132. The first-order chi connectivity index (χ1) is 14.2. The molecule has 4 nitrogen and oxygen atoms in total. The van der Waals surface area contributed by atoms with Crippen molar-refractivity contribution in [3.05, 3.63) is 54.1 Å². The van der Waals surface area contributed by atoms with Crippen LogP contribution in [0.15, 0.2) is 48.5 Å². The molecule has 156 valence electrons. The lowest BCUT2D eigenvalue weighted by atomic mass is 10.0. The fraction of sp³-hybridized carbons (Fsp3) is 0.520. The smallest absolute Gasteiger partial charge is 0.0373 e. The van der Waals surface area contributed by atoms with E-state index in [1.807, 2.05) is 0 Å². The van der Waals surface area contributed by atoms with E-state index < -0.39 is 0 Å². The molecule has 4 rings (SSSR count). The van der Waals surface area contributed by atoms with Gasteiger partial charge in [-0.25, -0.2) is 0 Å². The van der Waals surface area contributed by atoms with E-state index >= 15 is 0 Å². The van der Waals surface area contributed by atoms with Crippen LogP contribution in [0.25, 0.3) is 11.1 Å². The first-order valence-corrected chi connectivity index (χ1v) is 11.4. The minimum atomic E-state index is 1.06. The maximum Gasteiger partial charge on any atom is 0.0373 e. The molecule has 2 aromatic rings. The van der Waals surface area contributed by atoms with E-state index in [2.05, 4.69) is 82.0 Å². The Bertz CT molecular complexity index is 774. The number of hydrogen-bond acceptors (Lipinski definition) is 4. The second-order valence-corrected chi connectivity index (χ2v) is 8.38. The summed E-state index contributed by atoms with van der Waals surface area (Å²) in [6, 6.07) is 18.3. The summed E-state index contributed by atoms with van der Waals surface area (Å²) < 4.78 is 0. The summed E-state index contributed by atoms with van der Waals surface area (Å²) in [5.41, 5.74) is 5.45. The predicted octanol–water partition coefficient (Wildman–Crippen LogP) is 3.63. The highest BCUT2D eigenvalue weighted by Gasteiger charge is 2.17. The number of benzene rings is 2. The average molecular weight is 393 g/mol. The molecule has 2 aliphatic rings. The number of nitrogens with zero attached hydrogens (tertiary/aromatic N) is 4. The lowest BCUT2D eigenvalue weighted by Gasteiger charge is -2.35. The van der Waals surface area contributed by atoms with Gasteiger partial charge in [0.15, 0.2) is 0 Å². The molecule has 0 amide bonds. The van der Waals surface area contributed by atoms with Crippen LogP contribution in [0.5, 0.6) is 0 Å². The minimum Gasteiger partial charge on any atom is -0.369 e. The van der Waals surface area contributed by atoms with Crippen LogP contribution in [0.1, 0.15) is 19.4 Å². The molecule has 0 saturated carbocycles. The van der Waals surface area contributed by atoms with Crippen molar-refractivity contribution in [2.75, 3.05) is 70.3 Å². The van der Waals surface area contributed by atoms with Gasteiger partial charge in [-0.05, 0) is 48.0 Å². The van der Waals surface area contributed by atoms with Gasteiger partial charge in [0.25, 0.3) is 0 Å². The van der Waals surface area contributed by atoms with Crippen LogP contribution in [0.4, 0.5) is 5.69 Å². The Balaban J connectivity index is 1.43. The number of likely N-dealkylation sites (N-methyl/N-ethyl adjacent to an activating group) is 2. The van der Waals surface area contributed by atoms with Crippen LogP contribution in [0, 0.1) is 0 Å². The number of piperazine rings is 2. The first kappa shape index (κ1) is 20.4. The second kappa shape index (κ2) is 9.75. The molecular formula is C25H36N4. The van der Waals surface area contributed by atoms with Gasteiger partial charge in [0.1, 0.15) is 0 Å². The van der Waals surface area contributed by atoms with Crippen LogP contribution in [0.3, 0.4) is 0 Å². The second-order valence-electron chi connectivity index (χ2n) is 8.38. The Morgan fingerprint density at radius 1 is 0.621 bits per heavy atom. The maximum absolute atomic E-state index is 2.59. The zero-order valence-corrected chi connectivity index (χ0v) is 18.2. The molecule has 0 spiro atoms. The average Bonchev–Trinajstić information content (AvgIpc) is 2.80. The van der Waals surface area contributed by atoms with E-state index in [0.29, 0.717) is 0 Å². The fourth-order valence-electron chi connectivity index (χ4n) is 4.58. The molecule has 2 aromatic carbocycles. The third-order valence-corrected chi connectivity index (χ3v) is 6.61. The molecule has 0 unspecified atom stereocenters. The fourth-order valence-corrected chi connectivity index (χ4v) is 4.58. The molecule has 2 fully saturated rings. The molecule has 4 heteroatoms. The van der Waals surface area contributed by atoms with Crippen LogP contribution in [0.2, 0.25) is 0 Å². The Morgan fingerprint density at radius 2 is 1.17 bits per heavy atom. The third kappa shape index (κ3) is 5.19. The van der Waals surface area contributed by atoms with Crippen molar-refractivity contribution in [1.29, 1.82) is 0 Å². The van der Waals surface area contributed by atoms with Crippen molar-refractivity contribution in [3.8, 4) is 11.1 Å². The quantitative estimate of drug-likeness (QED) is 0.744. The van der Waals surface area contributed by atoms with Gasteiger partial charge in [-0.3, -0.25) is 4.90 Å². The molecule has 29 heavy (non-hydrogen) atoms. The predicted molar refractivity (Wildman–Crippen MR) is 124 cm³/mol. The molecule has 0 radical (unpaired) electrons. The summed E-state index contributed by atoms with van der Waals surface area (Å²) >= 11 is 0. The molecule has 2 aliphatic heterocycles. The zero-order chi connectivity index (χ0) is 20.1. The highest BCUT2D eigenvalue weighted by Crippen LogP contribution is 2.26. The molecule has 0 N–H and O–H groups in total. The summed E-state index contributed by atoms with van der Waals surface area (Å²) in [5, 5.41) is 0. The van der Waals surface area contributed by atoms with Gasteiger partial charge in [-0.15, -0.1) is 0 Å². The molecule has 0 aliphatic carbocycles. The summed E-state index contributed by atoms with van der Waals surface area (Å²) in [6.45, 7) is 17.3. The summed E-state index contributed by atoms with van der Waals surface area (Å²) in [5.74, 6) is 0. The van der Waals surface area contributed by atoms with Crippen molar-refractivity contribution < 1.29 is 0 Å². The first-order valence-electron chi connectivity index (χ1n) is 11.4. The normalized spacial score (nSPS) is 19.6. The standard InChI is InChI=1S/C25H36N4/c1-3-26-11-13-28(14-12-26)21-22-7-5-8-23(19-22)24-9-6-10-25(20-24)29-17-15-27(4-2)16-18-29/h5-10,19-20H,3-4,11-18,21H2,1-2H3. The van der Waals surface area contributed by atoms with Crippen molar-refractivity contribution in [2.24, 2.45) is 0 Å². The van der Waals surface area contributed by atoms with Gasteiger partial charge >= 0.3 is 0 Å². The maximum atomic E-state index is 2.59. The largest absolute Gasteiger partial charge is 0.369 e. The Labute approximate surface area is 176 Å². The molecule has 0 aromatic heterocycles. The Hall–Kier alpha value is -1.88. The van der Waals surface area contributed by atoms with Gasteiger partial charge < -0.3 is 14.7 Å². The van der Waals surface area contributed by atoms with E-state index in [1.165, 1.54) is 68.2 Å². The van der Waals surface area contributed by atoms with Crippen LogP contribution in [-0.2, 0) is 6.54 Å². The number of hydrogen-bond donors (Lipinski definition) is 0. The SMILES string of the molecule is CCN1CCN(Cc2cccc(-c3cccc(N4CCN(CC)CC4)c3)c2)CC1. The van der Waals surface area contributed by atoms with E-state index in [1.54, 1.807) is 0 Å². The van der Waals surface area contributed by atoms with Crippen molar-refractivity contribution in [1.82, 2.24) is 14.7 Å². The minimum absolute atomic E-state index is 1.06. The van der Waals surface area contributed by atoms with Gasteiger partial charge in [0.2, 0.25) is 0 Å². The van der Waals surface area contributed by atoms with Gasteiger partial charge in [-0.2, -0.15) is 0 Å². The topological polar surface area (TPSA) is 13.0 Å². The molecule has 2 saturated heterocycles. The third-order valence-electron chi connectivity index (χ3n) is 6.61. The zero-order valence-electron chi connectivity index (χ0n) is 18.2. The van der Waals surface area contributed by atoms with Crippen molar-refractivity contribution in [3.63, 3.8) is 0 Å². The number of rotatable bonds is 6. The van der Waals surface area contributed by atoms with Crippen LogP contribution < -0.4 is 4.90 Å². The molecule has 2 heterocycles. The van der Waals surface area contributed by atoms with Gasteiger partial charge in [0.05, 0.1) is 0 Å². The van der Waals surface area contributed by atoms with Crippen molar-refractivity contribution in [2.45, 2.75) is 20.4 Å². The van der Waals surface area contributed by atoms with E-state index in [4.69, 9.17) is 0 Å². The number of anilines is 1. The van der Waals surface area contributed by atoms with Crippen LogP contribution in [-0.4, -0.2) is 80.1 Å². The van der Waals surface area contributed by atoms with E-state index in [0.717, 1.165) is 26.2 Å². The highest BCUT2D eigenvalue weighted by molar-refractivity contribution is 5.69. The summed E-state index contributed by atoms with van der Waals surface area (Å²) in [6.07, 6.45) is 0. The Kier molecular flexibility index (Phi) is 6.86. The lowest BCUT2D eigenvalue weighted by Crippen LogP contribution is -2.46. The molecule has 0 bridgehead atoms. The van der Waals surface area contributed by atoms with E-state index in [9.17, 15) is 0 Å². The van der Waals surface area contributed by atoms with E-state index in [-0.39, 0.29) is 0 Å². The van der Waals surface area contributed by atoms with Gasteiger partial charge in [-0.1, -0.05) is 44.2 Å². The Morgan fingerprint density at radius 3 is 1.83 bits per heavy atom. The summed E-state index contributed by atoms with van der Waals surface area (Å²) in [7, 11) is 0. The van der Waals surface area contributed by atoms with Crippen LogP contribution >= 0.6 is 0 Å². The monoisotopic (exact) mass is 392 g/mol.